The minimum Gasteiger partial charge on any atom is -0.480 e. The quantitative estimate of drug-likeness (QED) is 0.155. The zero-order chi connectivity index (χ0) is 24.3. The highest BCUT2D eigenvalue weighted by molar-refractivity contribution is 5.95. The highest BCUT2D eigenvalue weighted by Crippen LogP contribution is 2.11. The van der Waals surface area contributed by atoms with Gasteiger partial charge in [-0.05, 0) is 18.3 Å². The number of primary amides is 1. The lowest BCUT2D eigenvalue weighted by Gasteiger charge is -2.28. The van der Waals surface area contributed by atoms with E-state index in [2.05, 4.69) is 16.0 Å². The Labute approximate surface area is 181 Å². The Hall–Kier alpha value is -2.73. The standard InChI is InChI=1S/C19H35N5O7/c1-5-10(4)15(18(29)22-12(19(30)31)6-9(2)3)24-17(28)13(8-25)23-16(27)11(20)7-14(21)26/h9-13,15,25H,5-8,20H2,1-4H3,(H2,21,26)(H,22,29)(H,23,27)(H,24,28)(H,30,31). The number of aliphatic carboxylic acids is 1. The van der Waals surface area contributed by atoms with Crippen molar-refractivity contribution in [2.24, 2.45) is 23.3 Å². The van der Waals surface area contributed by atoms with Crippen LogP contribution in [0.5, 0.6) is 0 Å². The lowest BCUT2D eigenvalue weighted by atomic mass is 9.96. The van der Waals surface area contributed by atoms with E-state index >= 15 is 0 Å². The highest BCUT2D eigenvalue weighted by atomic mass is 16.4. The molecule has 0 radical (unpaired) electrons. The first kappa shape index (κ1) is 28.3. The number of carbonyl (C=O) groups is 5. The zero-order valence-electron chi connectivity index (χ0n) is 18.4. The molecule has 0 aromatic rings. The first-order valence-electron chi connectivity index (χ1n) is 10.1. The summed E-state index contributed by atoms with van der Waals surface area (Å²) in [6, 6.07) is -4.97. The van der Waals surface area contributed by atoms with Crippen LogP contribution in [0, 0.1) is 11.8 Å². The van der Waals surface area contributed by atoms with Gasteiger partial charge in [-0.25, -0.2) is 4.79 Å². The molecule has 9 N–H and O–H groups in total. The third-order valence-electron chi connectivity index (χ3n) is 4.69. The average Bonchev–Trinajstić information content (AvgIpc) is 2.67. The van der Waals surface area contributed by atoms with Gasteiger partial charge in [0.25, 0.3) is 0 Å². The first-order valence-corrected chi connectivity index (χ1v) is 10.1. The van der Waals surface area contributed by atoms with Crippen LogP contribution < -0.4 is 27.4 Å². The summed E-state index contributed by atoms with van der Waals surface area (Å²) in [5.74, 6) is -4.79. The Morgan fingerprint density at radius 1 is 0.903 bits per heavy atom. The molecule has 5 unspecified atom stereocenters. The molecule has 0 aliphatic carbocycles. The van der Waals surface area contributed by atoms with Gasteiger partial charge in [-0.15, -0.1) is 0 Å². The van der Waals surface area contributed by atoms with Gasteiger partial charge in [0.15, 0.2) is 0 Å². The van der Waals surface area contributed by atoms with Crippen molar-refractivity contribution in [3.05, 3.63) is 0 Å². The normalized spacial score (nSPS) is 15.8. The predicted molar refractivity (Wildman–Crippen MR) is 111 cm³/mol. The number of amides is 4. The minimum absolute atomic E-state index is 0.0108. The number of nitrogens with one attached hydrogen (secondary N) is 3. The molecule has 31 heavy (non-hydrogen) atoms. The summed E-state index contributed by atoms with van der Waals surface area (Å²) >= 11 is 0. The molecule has 4 amide bonds. The number of carbonyl (C=O) groups excluding carboxylic acids is 4. The van der Waals surface area contributed by atoms with Crippen LogP contribution in [0.2, 0.25) is 0 Å². The van der Waals surface area contributed by atoms with E-state index in [4.69, 9.17) is 11.5 Å². The smallest absolute Gasteiger partial charge is 0.326 e. The summed E-state index contributed by atoms with van der Waals surface area (Å²) in [7, 11) is 0. The second-order valence-corrected chi connectivity index (χ2v) is 7.92. The van der Waals surface area contributed by atoms with E-state index in [1.165, 1.54) is 0 Å². The summed E-state index contributed by atoms with van der Waals surface area (Å²) in [5, 5.41) is 25.9. The van der Waals surface area contributed by atoms with Crippen LogP contribution in [0.1, 0.15) is 47.0 Å². The van der Waals surface area contributed by atoms with Crippen LogP contribution in [0.25, 0.3) is 0 Å². The van der Waals surface area contributed by atoms with E-state index in [1.807, 2.05) is 13.8 Å². The van der Waals surface area contributed by atoms with Crippen molar-refractivity contribution in [3.8, 4) is 0 Å². The van der Waals surface area contributed by atoms with Gasteiger partial charge >= 0.3 is 5.97 Å². The zero-order valence-corrected chi connectivity index (χ0v) is 18.4. The van der Waals surface area contributed by atoms with E-state index in [0.717, 1.165) is 0 Å². The van der Waals surface area contributed by atoms with E-state index in [1.54, 1.807) is 13.8 Å². The first-order chi connectivity index (χ1) is 14.3. The van der Waals surface area contributed by atoms with Crippen LogP contribution >= 0.6 is 0 Å². The Balaban J connectivity index is 5.33. The number of hydrogen-bond acceptors (Lipinski definition) is 7. The molecule has 0 aliphatic rings. The topological polar surface area (TPSA) is 214 Å². The Kier molecular flexibility index (Phi) is 12.4. The number of nitrogens with two attached hydrogens (primary N) is 2. The summed E-state index contributed by atoms with van der Waals surface area (Å²) in [6.07, 6.45) is 0.241. The maximum atomic E-state index is 12.7. The number of rotatable bonds is 14. The molecule has 178 valence electrons. The molecule has 0 aliphatic heterocycles. The van der Waals surface area contributed by atoms with E-state index in [0.29, 0.717) is 6.42 Å². The second kappa shape index (κ2) is 13.5. The van der Waals surface area contributed by atoms with E-state index < -0.39 is 66.8 Å². The summed E-state index contributed by atoms with van der Waals surface area (Å²) in [5.41, 5.74) is 10.5. The summed E-state index contributed by atoms with van der Waals surface area (Å²) < 4.78 is 0. The van der Waals surface area contributed by atoms with Crippen LogP contribution in [-0.2, 0) is 24.0 Å². The maximum Gasteiger partial charge on any atom is 0.326 e. The van der Waals surface area contributed by atoms with Crippen LogP contribution in [0.15, 0.2) is 0 Å². The lowest BCUT2D eigenvalue weighted by Crippen LogP contribution is -2.59. The molecule has 0 aromatic heterocycles. The van der Waals surface area contributed by atoms with Gasteiger partial charge in [-0.2, -0.15) is 0 Å². The van der Waals surface area contributed by atoms with Gasteiger partial charge < -0.3 is 37.6 Å². The number of aliphatic hydroxyl groups excluding tert-OH is 1. The molecule has 12 nitrogen and oxygen atoms in total. The molecule has 0 bridgehead atoms. The molecule has 0 spiro atoms. The molecule has 0 saturated carbocycles. The van der Waals surface area contributed by atoms with Crippen molar-refractivity contribution in [1.82, 2.24) is 16.0 Å². The molecular formula is C19H35N5O7. The fraction of sp³-hybridized carbons (Fsp3) is 0.737. The maximum absolute atomic E-state index is 12.7. The lowest BCUT2D eigenvalue weighted by molar-refractivity contribution is -0.143. The Morgan fingerprint density at radius 2 is 1.45 bits per heavy atom. The SMILES string of the molecule is CCC(C)C(NC(=O)C(CO)NC(=O)C(N)CC(N)=O)C(=O)NC(CC(C)C)C(=O)O. The molecule has 12 heteroatoms. The van der Waals surface area contributed by atoms with Gasteiger partial charge in [0.05, 0.1) is 19.1 Å². The monoisotopic (exact) mass is 445 g/mol. The molecule has 0 fully saturated rings. The third-order valence-corrected chi connectivity index (χ3v) is 4.69. The summed E-state index contributed by atoms with van der Waals surface area (Å²) in [4.78, 5) is 59.6. The Morgan fingerprint density at radius 3 is 1.87 bits per heavy atom. The van der Waals surface area contributed by atoms with E-state index in [9.17, 15) is 34.2 Å². The Bertz CT molecular complexity index is 656. The number of aliphatic hydroxyl groups is 1. The van der Waals surface area contributed by atoms with Gasteiger partial charge in [0.1, 0.15) is 18.1 Å². The van der Waals surface area contributed by atoms with Crippen LogP contribution in [-0.4, -0.2) is 70.6 Å². The van der Waals surface area contributed by atoms with Crippen molar-refractivity contribution < 1.29 is 34.2 Å². The van der Waals surface area contributed by atoms with Crippen molar-refractivity contribution in [1.29, 1.82) is 0 Å². The molecular weight excluding hydrogens is 410 g/mol. The third kappa shape index (κ3) is 10.2. The molecule has 0 rings (SSSR count). The van der Waals surface area contributed by atoms with Crippen molar-refractivity contribution in [2.45, 2.75) is 71.1 Å². The fourth-order valence-corrected chi connectivity index (χ4v) is 2.69. The predicted octanol–water partition coefficient (Wildman–Crippen LogP) is -2.19. The number of carboxylic acid groups (broad SMARTS) is 1. The molecule has 0 heterocycles. The summed E-state index contributed by atoms with van der Waals surface area (Å²) in [6.45, 7) is 6.31. The average molecular weight is 446 g/mol. The fourth-order valence-electron chi connectivity index (χ4n) is 2.69. The number of hydrogen-bond donors (Lipinski definition) is 7. The number of carboxylic acids is 1. The van der Waals surface area contributed by atoms with Gasteiger partial charge in [-0.1, -0.05) is 34.1 Å². The minimum atomic E-state index is -1.43. The highest BCUT2D eigenvalue weighted by Gasteiger charge is 2.32. The van der Waals surface area contributed by atoms with E-state index in [-0.39, 0.29) is 18.3 Å². The molecule has 0 saturated heterocycles. The van der Waals surface area contributed by atoms with Crippen LogP contribution in [0.4, 0.5) is 0 Å². The van der Waals surface area contributed by atoms with Gasteiger partial charge in [0, 0.05) is 0 Å². The van der Waals surface area contributed by atoms with Crippen LogP contribution in [0.3, 0.4) is 0 Å². The van der Waals surface area contributed by atoms with Crippen molar-refractivity contribution >= 4 is 29.6 Å². The van der Waals surface area contributed by atoms with Crippen molar-refractivity contribution in [2.75, 3.05) is 6.61 Å². The van der Waals surface area contributed by atoms with Gasteiger partial charge in [-0.3, -0.25) is 19.2 Å². The van der Waals surface area contributed by atoms with Gasteiger partial charge in [0.2, 0.25) is 23.6 Å². The van der Waals surface area contributed by atoms with Crippen molar-refractivity contribution in [3.63, 3.8) is 0 Å². The molecule has 5 atom stereocenters. The molecule has 0 aromatic carbocycles. The largest absolute Gasteiger partial charge is 0.480 e. The second-order valence-electron chi connectivity index (χ2n) is 7.92.